The number of aromatic nitrogens is 2. The van der Waals surface area contributed by atoms with Crippen LogP contribution >= 0.6 is 27.5 Å². The highest BCUT2D eigenvalue weighted by molar-refractivity contribution is 9.10. The van der Waals surface area contributed by atoms with Crippen LogP contribution in [0.2, 0.25) is 5.15 Å². The van der Waals surface area contributed by atoms with Crippen LogP contribution < -0.4 is 4.74 Å². The fraction of sp³-hybridized carbons (Fsp3) is 0.0909. The van der Waals surface area contributed by atoms with Gasteiger partial charge in [-0.3, -0.25) is 4.98 Å². The van der Waals surface area contributed by atoms with E-state index in [9.17, 15) is 4.39 Å². The number of ether oxygens (including phenoxy) is 1. The molecule has 2 rings (SSSR count). The molecule has 0 spiro atoms. The third kappa shape index (κ3) is 3.64. The molecule has 0 fully saturated rings. The van der Waals surface area contributed by atoms with Gasteiger partial charge in [-0.2, -0.15) is 0 Å². The summed E-state index contributed by atoms with van der Waals surface area (Å²) in [6.45, 7) is 0.208. The van der Waals surface area contributed by atoms with E-state index in [0.29, 0.717) is 21.1 Å². The Labute approximate surface area is 111 Å². The van der Waals surface area contributed by atoms with Gasteiger partial charge in [-0.1, -0.05) is 27.5 Å². The molecule has 0 radical (unpaired) electrons. The fourth-order valence-corrected chi connectivity index (χ4v) is 1.72. The molecule has 1 aromatic heterocycles. The van der Waals surface area contributed by atoms with Crippen LogP contribution in [0.25, 0.3) is 0 Å². The molecule has 17 heavy (non-hydrogen) atoms. The smallest absolute Gasteiger partial charge is 0.147 e. The molecule has 0 saturated heterocycles. The Morgan fingerprint density at radius 3 is 2.71 bits per heavy atom. The molecule has 0 unspecified atom stereocenters. The summed E-state index contributed by atoms with van der Waals surface area (Å²) in [5, 5.41) is 0.322. The van der Waals surface area contributed by atoms with E-state index in [1.54, 1.807) is 6.07 Å². The number of rotatable bonds is 3. The largest absolute Gasteiger partial charge is 0.487 e. The molecular formula is C11H7BrClFN2O. The zero-order valence-electron chi connectivity index (χ0n) is 8.53. The highest BCUT2D eigenvalue weighted by atomic mass is 79.9. The quantitative estimate of drug-likeness (QED) is 0.867. The maximum Gasteiger partial charge on any atom is 0.147 e. The zero-order chi connectivity index (χ0) is 12.3. The first-order chi connectivity index (χ1) is 8.13. The Balaban J connectivity index is 2.04. The number of halogens is 3. The van der Waals surface area contributed by atoms with E-state index in [4.69, 9.17) is 16.3 Å². The van der Waals surface area contributed by atoms with Crippen molar-refractivity contribution in [3.8, 4) is 5.75 Å². The van der Waals surface area contributed by atoms with Crippen LogP contribution in [0, 0.1) is 5.82 Å². The monoisotopic (exact) mass is 316 g/mol. The predicted molar refractivity (Wildman–Crippen MR) is 65.5 cm³/mol. The first-order valence-corrected chi connectivity index (χ1v) is 5.86. The number of nitrogens with zero attached hydrogens (tertiary/aromatic N) is 2. The molecule has 3 nitrogen and oxygen atoms in total. The van der Waals surface area contributed by atoms with Gasteiger partial charge in [0.25, 0.3) is 0 Å². The highest BCUT2D eigenvalue weighted by Gasteiger charge is 2.02. The van der Waals surface area contributed by atoms with Gasteiger partial charge in [0.1, 0.15) is 23.3 Å². The van der Waals surface area contributed by atoms with Crippen molar-refractivity contribution in [1.29, 1.82) is 0 Å². The van der Waals surface area contributed by atoms with Crippen LogP contribution in [0.1, 0.15) is 5.69 Å². The van der Waals surface area contributed by atoms with E-state index in [0.717, 1.165) is 0 Å². The molecule has 0 amide bonds. The summed E-state index contributed by atoms with van der Waals surface area (Å²) in [5.74, 6) is 0.0604. The molecule has 0 aliphatic heterocycles. The molecule has 0 N–H and O–H groups in total. The average Bonchev–Trinajstić information content (AvgIpc) is 2.27. The lowest BCUT2D eigenvalue weighted by Gasteiger charge is -2.06. The first-order valence-electron chi connectivity index (χ1n) is 4.69. The molecule has 2 aromatic rings. The summed E-state index contributed by atoms with van der Waals surface area (Å²) < 4.78 is 19.0. The summed E-state index contributed by atoms with van der Waals surface area (Å²) in [6.07, 6.45) is 2.94. The molecule has 1 heterocycles. The van der Waals surface area contributed by atoms with Gasteiger partial charge >= 0.3 is 0 Å². The van der Waals surface area contributed by atoms with Crippen LogP contribution in [-0.2, 0) is 6.61 Å². The van der Waals surface area contributed by atoms with Crippen LogP contribution in [-0.4, -0.2) is 9.97 Å². The van der Waals surface area contributed by atoms with Gasteiger partial charge in [-0.25, -0.2) is 9.37 Å². The molecule has 0 aliphatic carbocycles. The Bertz CT molecular complexity index is 501. The molecular weight excluding hydrogens is 310 g/mol. The topological polar surface area (TPSA) is 35.0 Å². The van der Waals surface area contributed by atoms with Gasteiger partial charge in [0, 0.05) is 10.5 Å². The van der Waals surface area contributed by atoms with Crippen LogP contribution in [0.4, 0.5) is 4.39 Å². The Morgan fingerprint density at radius 2 is 2.06 bits per heavy atom. The van der Waals surface area contributed by atoms with Crippen molar-refractivity contribution in [2.24, 2.45) is 0 Å². The molecule has 0 aliphatic rings. The van der Waals surface area contributed by atoms with Crippen molar-refractivity contribution in [3.05, 3.63) is 51.7 Å². The lowest BCUT2D eigenvalue weighted by atomic mass is 10.3. The van der Waals surface area contributed by atoms with Crippen molar-refractivity contribution < 1.29 is 9.13 Å². The van der Waals surface area contributed by atoms with Gasteiger partial charge in [-0.15, -0.1) is 0 Å². The normalized spacial score (nSPS) is 10.3. The number of benzene rings is 1. The fourth-order valence-electron chi connectivity index (χ4n) is 1.18. The molecule has 0 saturated carbocycles. The number of hydrogen-bond acceptors (Lipinski definition) is 3. The standard InChI is InChI=1S/C11H7BrClFN2O/c12-7-1-8(14)3-10(2-7)17-6-9-4-16-11(13)5-15-9/h1-5H,6H2. The second kappa shape index (κ2) is 5.42. The van der Waals surface area contributed by atoms with E-state index in [1.807, 2.05) is 0 Å². The van der Waals surface area contributed by atoms with Crippen molar-refractivity contribution in [2.75, 3.05) is 0 Å². The Hall–Kier alpha value is -1.20. The van der Waals surface area contributed by atoms with Crippen LogP contribution in [0.5, 0.6) is 5.75 Å². The van der Waals surface area contributed by atoms with Gasteiger partial charge in [0.2, 0.25) is 0 Å². The average molecular weight is 318 g/mol. The molecule has 6 heteroatoms. The van der Waals surface area contributed by atoms with Crippen molar-refractivity contribution in [1.82, 2.24) is 9.97 Å². The molecule has 0 bridgehead atoms. The molecule has 1 aromatic carbocycles. The molecule has 88 valence electrons. The van der Waals surface area contributed by atoms with Crippen molar-refractivity contribution >= 4 is 27.5 Å². The van der Waals surface area contributed by atoms with Gasteiger partial charge in [-0.05, 0) is 12.1 Å². The zero-order valence-corrected chi connectivity index (χ0v) is 10.9. The second-order valence-corrected chi connectivity index (χ2v) is 4.53. The summed E-state index contributed by atoms with van der Waals surface area (Å²) in [7, 11) is 0. The predicted octanol–water partition coefficient (Wildman–Crippen LogP) is 3.61. The Kier molecular flexibility index (Phi) is 3.91. The van der Waals surface area contributed by atoms with Crippen LogP contribution in [0.15, 0.2) is 35.1 Å². The van der Waals surface area contributed by atoms with Gasteiger partial charge in [0.05, 0.1) is 18.1 Å². The van der Waals surface area contributed by atoms with Gasteiger partial charge < -0.3 is 4.74 Å². The third-order valence-corrected chi connectivity index (χ3v) is 2.55. The summed E-state index contributed by atoms with van der Waals surface area (Å²) in [6, 6.07) is 4.33. The van der Waals surface area contributed by atoms with E-state index in [-0.39, 0.29) is 12.4 Å². The second-order valence-electron chi connectivity index (χ2n) is 3.22. The number of hydrogen-bond donors (Lipinski definition) is 0. The van der Waals surface area contributed by atoms with Crippen molar-refractivity contribution in [2.45, 2.75) is 6.61 Å². The SMILES string of the molecule is Fc1cc(Br)cc(OCc2cnc(Cl)cn2)c1. The van der Waals surface area contributed by atoms with Gasteiger partial charge in [0.15, 0.2) is 0 Å². The third-order valence-electron chi connectivity index (χ3n) is 1.90. The Morgan fingerprint density at radius 1 is 1.24 bits per heavy atom. The van der Waals surface area contributed by atoms with E-state index < -0.39 is 0 Å². The summed E-state index contributed by atoms with van der Waals surface area (Å²) in [4.78, 5) is 7.88. The lowest BCUT2D eigenvalue weighted by molar-refractivity contribution is 0.299. The maximum absolute atomic E-state index is 13.1. The van der Waals surface area contributed by atoms with E-state index in [2.05, 4.69) is 25.9 Å². The highest BCUT2D eigenvalue weighted by Crippen LogP contribution is 2.21. The minimum Gasteiger partial charge on any atom is -0.487 e. The van der Waals surface area contributed by atoms with E-state index in [1.165, 1.54) is 24.5 Å². The summed E-state index contributed by atoms with van der Waals surface area (Å²) >= 11 is 8.78. The van der Waals surface area contributed by atoms with E-state index >= 15 is 0 Å². The lowest BCUT2D eigenvalue weighted by Crippen LogP contribution is -1.99. The molecule has 0 atom stereocenters. The van der Waals surface area contributed by atoms with Crippen LogP contribution in [0.3, 0.4) is 0 Å². The first kappa shape index (κ1) is 12.3. The summed E-state index contributed by atoms with van der Waals surface area (Å²) in [5.41, 5.74) is 0.620. The maximum atomic E-state index is 13.1. The minimum absolute atomic E-state index is 0.208. The minimum atomic E-state index is -0.364. The van der Waals surface area contributed by atoms with Crippen molar-refractivity contribution in [3.63, 3.8) is 0 Å².